The lowest BCUT2D eigenvalue weighted by Gasteiger charge is -2.27. The van der Waals surface area contributed by atoms with Crippen molar-refractivity contribution in [1.82, 2.24) is 14.8 Å². The zero-order valence-electron chi connectivity index (χ0n) is 10.8. The topological polar surface area (TPSA) is 66.0 Å². The lowest BCUT2D eigenvalue weighted by molar-refractivity contribution is -0.0129. The monoisotopic (exact) mass is 226 g/mol. The van der Waals surface area contributed by atoms with Crippen LogP contribution in [-0.4, -0.2) is 21.9 Å². The molecule has 0 fully saturated rings. The minimum atomic E-state index is -0.398. The first-order valence-electron chi connectivity index (χ1n) is 5.69. The van der Waals surface area contributed by atoms with Crippen LogP contribution in [0.1, 0.15) is 51.8 Å². The number of nitrogens with two attached hydrogens (primary N) is 1. The molecule has 2 N–H and O–H groups in total. The molecule has 0 spiro atoms. The lowest BCUT2D eigenvalue weighted by atomic mass is 10.0. The minimum Gasteiger partial charge on any atom is -0.371 e. The largest absolute Gasteiger partial charge is 0.371 e. The lowest BCUT2D eigenvalue weighted by Crippen LogP contribution is -2.29. The highest BCUT2D eigenvalue weighted by molar-refractivity contribution is 5.06. The smallest absolute Gasteiger partial charge is 0.165 e. The van der Waals surface area contributed by atoms with Crippen LogP contribution >= 0.6 is 0 Å². The van der Waals surface area contributed by atoms with Crippen molar-refractivity contribution in [2.75, 3.05) is 7.11 Å². The molecule has 0 saturated heterocycles. The van der Waals surface area contributed by atoms with Crippen molar-refractivity contribution in [1.29, 1.82) is 0 Å². The van der Waals surface area contributed by atoms with Gasteiger partial charge in [0.2, 0.25) is 0 Å². The van der Waals surface area contributed by atoms with Gasteiger partial charge in [0.25, 0.3) is 0 Å². The maximum atomic E-state index is 5.66. The Bertz CT molecular complexity index is 342. The summed E-state index contributed by atoms with van der Waals surface area (Å²) >= 11 is 0. The van der Waals surface area contributed by atoms with Gasteiger partial charge in [0.05, 0.1) is 6.54 Å². The summed E-state index contributed by atoms with van der Waals surface area (Å²) in [6.45, 7) is 8.69. The first kappa shape index (κ1) is 13.1. The van der Waals surface area contributed by atoms with Gasteiger partial charge in [0, 0.05) is 13.2 Å². The Kier molecular flexibility index (Phi) is 4.04. The molecule has 0 aliphatic heterocycles. The molecule has 5 heteroatoms. The number of methoxy groups -OCH3 is 1. The minimum absolute atomic E-state index is 0.282. The highest BCUT2D eigenvalue weighted by Crippen LogP contribution is 2.29. The number of hydrogen-bond acceptors (Lipinski definition) is 4. The van der Waals surface area contributed by atoms with Gasteiger partial charge in [-0.15, -0.1) is 10.2 Å². The molecule has 1 aromatic rings. The van der Waals surface area contributed by atoms with E-state index in [1.54, 1.807) is 7.11 Å². The summed E-state index contributed by atoms with van der Waals surface area (Å²) in [7, 11) is 1.70. The molecule has 1 heterocycles. The number of hydrogen-bond donors (Lipinski definition) is 1. The van der Waals surface area contributed by atoms with Crippen LogP contribution in [0.3, 0.4) is 0 Å². The normalized spacial score (nSPS) is 15.4. The van der Waals surface area contributed by atoms with Gasteiger partial charge in [-0.1, -0.05) is 6.92 Å². The SMILES string of the molecule is CCC(C)(OC)c1nnc(CN)n1C(C)C. The third-order valence-electron chi connectivity index (χ3n) is 3.06. The van der Waals surface area contributed by atoms with E-state index in [9.17, 15) is 0 Å². The first-order valence-corrected chi connectivity index (χ1v) is 5.69. The van der Waals surface area contributed by atoms with Crippen molar-refractivity contribution in [3.63, 3.8) is 0 Å². The molecule has 0 amide bonds. The van der Waals surface area contributed by atoms with Gasteiger partial charge < -0.3 is 15.0 Å². The highest BCUT2D eigenvalue weighted by Gasteiger charge is 2.32. The second kappa shape index (κ2) is 4.93. The van der Waals surface area contributed by atoms with Crippen molar-refractivity contribution in [3.05, 3.63) is 11.6 Å². The van der Waals surface area contributed by atoms with Crippen LogP contribution in [0.4, 0.5) is 0 Å². The number of rotatable bonds is 5. The number of nitrogens with zero attached hydrogens (tertiary/aromatic N) is 3. The Morgan fingerprint density at radius 3 is 2.44 bits per heavy atom. The van der Waals surface area contributed by atoms with Crippen LogP contribution < -0.4 is 5.73 Å². The maximum absolute atomic E-state index is 5.66. The predicted octanol–water partition coefficient (Wildman–Crippen LogP) is 1.59. The van der Waals surface area contributed by atoms with Crippen LogP contribution in [0.2, 0.25) is 0 Å². The van der Waals surface area contributed by atoms with Crippen molar-refractivity contribution in [2.24, 2.45) is 5.73 Å². The summed E-state index contributed by atoms with van der Waals surface area (Å²) < 4.78 is 7.62. The molecule has 1 aromatic heterocycles. The summed E-state index contributed by atoms with van der Waals surface area (Å²) in [5.74, 6) is 1.66. The van der Waals surface area contributed by atoms with E-state index in [-0.39, 0.29) is 6.04 Å². The molecule has 1 atom stereocenters. The van der Waals surface area contributed by atoms with Gasteiger partial charge >= 0.3 is 0 Å². The zero-order valence-corrected chi connectivity index (χ0v) is 10.8. The number of ether oxygens (including phenoxy) is 1. The van der Waals surface area contributed by atoms with Gasteiger partial charge in [0.15, 0.2) is 5.82 Å². The van der Waals surface area contributed by atoms with Crippen molar-refractivity contribution < 1.29 is 4.74 Å². The molecular weight excluding hydrogens is 204 g/mol. The van der Waals surface area contributed by atoms with Crippen LogP contribution in [0.5, 0.6) is 0 Å². The van der Waals surface area contributed by atoms with E-state index in [1.807, 2.05) is 6.92 Å². The molecule has 0 aliphatic carbocycles. The van der Waals surface area contributed by atoms with Crippen molar-refractivity contribution >= 4 is 0 Å². The quantitative estimate of drug-likeness (QED) is 0.828. The van der Waals surface area contributed by atoms with Crippen LogP contribution in [0.25, 0.3) is 0 Å². The van der Waals surface area contributed by atoms with E-state index in [2.05, 4.69) is 35.5 Å². The second-order valence-electron chi connectivity index (χ2n) is 4.40. The summed E-state index contributed by atoms with van der Waals surface area (Å²) in [5.41, 5.74) is 5.27. The summed E-state index contributed by atoms with van der Waals surface area (Å²) in [4.78, 5) is 0. The molecule has 0 aliphatic rings. The summed E-state index contributed by atoms with van der Waals surface area (Å²) in [5, 5.41) is 8.36. The Morgan fingerprint density at radius 1 is 1.44 bits per heavy atom. The maximum Gasteiger partial charge on any atom is 0.165 e. The predicted molar refractivity (Wildman–Crippen MR) is 63.0 cm³/mol. The number of aromatic nitrogens is 3. The molecule has 1 unspecified atom stereocenters. The average Bonchev–Trinajstić information content (AvgIpc) is 2.72. The summed E-state index contributed by atoms with van der Waals surface area (Å²) in [6, 6.07) is 0.282. The van der Waals surface area contributed by atoms with E-state index in [4.69, 9.17) is 10.5 Å². The molecule has 0 saturated carbocycles. The van der Waals surface area contributed by atoms with Crippen molar-refractivity contribution in [3.8, 4) is 0 Å². The first-order chi connectivity index (χ1) is 7.50. The standard InChI is InChI=1S/C11H22N4O/c1-6-11(4,16-5)10-14-13-9(7-12)15(10)8(2)3/h8H,6-7,12H2,1-5H3. The molecule has 16 heavy (non-hydrogen) atoms. The molecule has 1 rings (SSSR count). The second-order valence-corrected chi connectivity index (χ2v) is 4.40. The Labute approximate surface area is 97.0 Å². The molecule has 5 nitrogen and oxygen atoms in total. The Hall–Kier alpha value is -0.940. The van der Waals surface area contributed by atoms with E-state index in [0.29, 0.717) is 6.54 Å². The molecule has 0 bridgehead atoms. The van der Waals surface area contributed by atoms with Crippen LogP contribution in [0.15, 0.2) is 0 Å². The molecule has 92 valence electrons. The van der Waals surface area contributed by atoms with Gasteiger partial charge in [-0.2, -0.15) is 0 Å². The molecule has 0 radical (unpaired) electrons. The zero-order chi connectivity index (χ0) is 12.3. The fourth-order valence-corrected chi connectivity index (χ4v) is 1.76. The Balaban J connectivity index is 3.28. The third kappa shape index (κ3) is 2.10. The van der Waals surface area contributed by atoms with E-state index < -0.39 is 5.60 Å². The van der Waals surface area contributed by atoms with Gasteiger partial charge in [0.1, 0.15) is 11.4 Å². The average molecular weight is 226 g/mol. The molecular formula is C11H22N4O. The van der Waals surface area contributed by atoms with E-state index in [1.165, 1.54) is 0 Å². The fraction of sp³-hybridized carbons (Fsp3) is 0.818. The fourth-order valence-electron chi connectivity index (χ4n) is 1.76. The molecule has 0 aromatic carbocycles. The van der Waals surface area contributed by atoms with Gasteiger partial charge in [-0.3, -0.25) is 0 Å². The van der Waals surface area contributed by atoms with Gasteiger partial charge in [-0.05, 0) is 27.2 Å². The van der Waals surface area contributed by atoms with E-state index in [0.717, 1.165) is 18.1 Å². The van der Waals surface area contributed by atoms with E-state index >= 15 is 0 Å². The highest BCUT2D eigenvalue weighted by atomic mass is 16.5. The van der Waals surface area contributed by atoms with Crippen LogP contribution in [-0.2, 0) is 16.9 Å². The summed E-state index contributed by atoms with van der Waals surface area (Å²) in [6.07, 6.45) is 0.846. The van der Waals surface area contributed by atoms with Gasteiger partial charge in [-0.25, -0.2) is 0 Å². The third-order valence-corrected chi connectivity index (χ3v) is 3.06. The van der Waals surface area contributed by atoms with Crippen LogP contribution in [0, 0.1) is 0 Å². The Morgan fingerprint density at radius 2 is 2.06 bits per heavy atom. The van der Waals surface area contributed by atoms with Crippen molar-refractivity contribution in [2.45, 2.75) is 52.3 Å².